The molecule has 2 aromatic heterocycles. The van der Waals surface area contributed by atoms with Crippen molar-refractivity contribution in [3.63, 3.8) is 0 Å². The number of hydrogen-bond acceptors (Lipinski definition) is 7. The highest BCUT2D eigenvalue weighted by atomic mass is 32.2. The summed E-state index contributed by atoms with van der Waals surface area (Å²) in [5.41, 5.74) is 3.01. The van der Waals surface area contributed by atoms with E-state index in [2.05, 4.69) is 25.9 Å². The lowest BCUT2D eigenvalue weighted by atomic mass is 10.1. The molecule has 0 radical (unpaired) electrons. The van der Waals surface area contributed by atoms with Crippen molar-refractivity contribution in [3.8, 4) is 11.5 Å². The van der Waals surface area contributed by atoms with Gasteiger partial charge in [0.15, 0.2) is 11.6 Å². The Labute approximate surface area is 242 Å². The van der Waals surface area contributed by atoms with Gasteiger partial charge in [0.1, 0.15) is 5.75 Å². The van der Waals surface area contributed by atoms with E-state index in [9.17, 15) is 14.0 Å². The number of urea groups is 2. The number of halogens is 1. The third-order valence-corrected chi connectivity index (χ3v) is 8.00. The number of benzene rings is 1. The van der Waals surface area contributed by atoms with Crippen LogP contribution in [0.4, 0.5) is 19.7 Å². The van der Waals surface area contributed by atoms with Crippen LogP contribution in [0.3, 0.4) is 0 Å². The topological polar surface area (TPSA) is 118 Å². The van der Waals surface area contributed by atoms with Crippen molar-refractivity contribution >= 4 is 29.5 Å². The zero-order chi connectivity index (χ0) is 28.8. The summed E-state index contributed by atoms with van der Waals surface area (Å²) >= 11 is 1.58. The van der Waals surface area contributed by atoms with E-state index in [4.69, 9.17) is 9.47 Å². The van der Waals surface area contributed by atoms with E-state index in [1.54, 1.807) is 48.3 Å². The summed E-state index contributed by atoms with van der Waals surface area (Å²) in [6.45, 7) is 3.77. The molecule has 1 aliphatic carbocycles. The van der Waals surface area contributed by atoms with Crippen molar-refractivity contribution in [3.05, 3.63) is 71.6 Å². The van der Waals surface area contributed by atoms with Crippen LogP contribution < -0.4 is 20.7 Å². The van der Waals surface area contributed by atoms with E-state index in [1.165, 1.54) is 12.1 Å². The first-order valence-electron chi connectivity index (χ1n) is 13.6. The Hall–Kier alpha value is -3.90. The summed E-state index contributed by atoms with van der Waals surface area (Å²) in [6, 6.07) is 9.74. The highest BCUT2D eigenvalue weighted by Crippen LogP contribution is 2.50. The molecule has 10 nitrogen and oxygen atoms in total. The molecule has 1 saturated carbocycles. The van der Waals surface area contributed by atoms with Gasteiger partial charge in [-0.25, -0.2) is 14.0 Å². The van der Waals surface area contributed by atoms with Crippen molar-refractivity contribution < 1.29 is 23.5 Å². The minimum Gasteiger partial charge on any atom is -0.453 e. The third-order valence-electron chi connectivity index (χ3n) is 6.63. The standard InChI is InChI=1S/C29H33FN6O4S/c1-3-31-29(38)36(12-13-39-2)17-18-4-8-22(33-16-18)26-15-23-27(41-26)25(10-11-32-23)40-24-9-7-20(14-21(24)30)35-28(37)34-19-5-6-19/h4,7-11,14,16,19,26H,3,5-6,12-13,15,17H2,1-2H3,(H,31,38)(H2,34,35,37). The summed E-state index contributed by atoms with van der Waals surface area (Å²) in [7, 11) is 1.61. The Kier molecular flexibility index (Phi) is 9.20. The highest BCUT2D eigenvalue weighted by molar-refractivity contribution is 8.00. The molecule has 0 spiro atoms. The van der Waals surface area contributed by atoms with E-state index in [-0.39, 0.29) is 29.1 Å². The van der Waals surface area contributed by atoms with Crippen LogP contribution in [0.25, 0.3) is 0 Å². The Morgan fingerprint density at radius 3 is 2.71 bits per heavy atom. The quantitative estimate of drug-likeness (QED) is 0.283. The number of thioether (sulfide) groups is 1. The minimum atomic E-state index is -0.580. The molecule has 4 amide bonds. The van der Waals surface area contributed by atoms with Crippen LogP contribution in [0.1, 0.15) is 42.0 Å². The maximum absolute atomic E-state index is 14.9. The van der Waals surface area contributed by atoms with E-state index >= 15 is 0 Å². The van der Waals surface area contributed by atoms with Gasteiger partial charge in [-0.3, -0.25) is 9.97 Å². The number of fused-ring (bicyclic) bond motifs is 1. The average Bonchev–Trinajstić information content (AvgIpc) is 3.66. The molecule has 0 bridgehead atoms. The van der Waals surface area contributed by atoms with Crippen molar-refractivity contribution in [1.29, 1.82) is 0 Å². The summed E-state index contributed by atoms with van der Waals surface area (Å²) in [5.74, 6) is -0.00658. The first-order chi connectivity index (χ1) is 19.9. The van der Waals surface area contributed by atoms with Crippen molar-refractivity contribution in [1.82, 2.24) is 25.5 Å². The lowest BCUT2D eigenvalue weighted by Gasteiger charge is -2.22. The van der Waals surface area contributed by atoms with Gasteiger partial charge in [0.05, 0.1) is 28.1 Å². The normalized spacial score (nSPS) is 15.6. The Morgan fingerprint density at radius 2 is 2.00 bits per heavy atom. The van der Waals surface area contributed by atoms with Gasteiger partial charge in [-0.15, -0.1) is 11.8 Å². The molecule has 12 heteroatoms. The molecule has 3 aromatic rings. The van der Waals surface area contributed by atoms with Crippen LogP contribution >= 0.6 is 11.8 Å². The second-order valence-corrected chi connectivity index (χ2v) is 11.1. The van der Waals surface area contributed by atoms with Gasteiger partial charge < -0.3 is 30.3 Å². The Bertz CT molecular complexity index is 1390. The lowest BCUT2D eigenvalue weighted by molar-refractivity contribution is 0.146. The maximum atomic E-state index is 14.9. The number of methoxy groups -OCH3 is 1. The monoisotopic (exact) mass is 580 g/mol. The summed E-state index contributed by atoms with van der Waals surface area (Å²) in [6.07, 6.45) is 6.04. The van der Waals surface area contributed by atoms with E-state index < -0.39 is 5.82 Å². The van der Waals surface area contributed by atoms with Crippen molar-refractivity contribution in [2.24, 2.45) is 0 Å². The molecule has 2 aliphatic rings. The molecule has 1 aromatic carbocycles. The molecule has 3 heterocycles. The molecule has 0 saturated heterocycles. The van der Waals surface area contributed by atoms with Crippen molar-refractivity contribution in [2.75, 3.05) is 32.1 Å². The fourth-order valence-electron chi connectivity index (χ4n) is 4.37. The number of nitrogens with one attached hydrogen (secondary N) is 3. The fourth-order valence-corrected chi connectivity index (χ4v) is 5.65. The molecule has 41 heavy (non-hydrogen) atoms. The first-order valence-corrected chi connectivity index (χ1v) is 14.5. The van der Waals surface area contributed by atoms with Crippen LogP contribution in [0, 0.1) is 5.82 Å². The first kappa shape index (κ1) is 28.6. The Morgan fingerprint density at radius 1 is 1.15 bits per heavy atom. The minimum absolute atomic E-state index is 0.0192. The lowest BCUT2D eigenvalue weighted by Crippen LogP contribution is -2.41. The zero-order valence-electron chi connectivity index (χ0n) is 23.0. The number of amides is 4. The number of anilines is 1. The number of pyridine rings is 2. The van der Waals surface area contributed by atoms with Gasteiger partial charge in [0.25, 0.3) is 0 Å². The summed E-state index contributed by atoms with van der Waals surface area (Å²) in [5, 5.41) is 8.31. The fraction of sp³-hybridized carbons (Fsp3) is 0.379. The van der Waals surface area contributed by atoms with Crippen LogP contribution in [0.5, 0.6) is 11.5 Å². The molecular formula is C29H33FN6O4S. The van der Waals surface area contributed by atoms with E-state index in [0.717, 1.165) is 34.7 Å². The molecule has 5 rings (SSSR count). The number of carbonyl (C=O) groups excluding carboxylic acids is 2. The SMILES string of the molecule is CCNC(=O)N(CCOC)Cc1ccc(C2Cc3nccc(Oc4ccc(NC(=O)NC5CC5)cc4F)c3S2)nc1. The summed E-state index contributed by atoms with van der Waals surface area (Å²) < 4.78 is 26.0. The maximum Gasteiger partial charge on any atom is 0.319 e. The molecule has 1 atom stereocenters. The van der Waals surface area contributed by atoms with E-state index in [1.807, 2.05) is 19.1 Å². The van der Waals surface area contributed by atoms with Crippen molar-refractivity contribution in [2.45, 2.75) is 48.9 Å². The zero-order valence-corrected chi connectivity index (χ0v) is 23.8. The van der Waals surface area contributed by atoms with Crippen LogP contribution in [0.2, 0.25) is 0 Å². The van der Waals surface area contributed by atoms with Gasteiger partial charge in [-0.05, 0) is 43.5 Å². The highest BCUT2D eigenvalue weighted by Gasteiger charge is 2.29. The van der Waals surface area contributed by atoms with E-state index in [0.29, 0.717) is 44.1 Å². The second kappa shape index (κ2) is 13.2. The van der Waals surface area contributed by atoms with Gasteiger partial charge in [0, 0.05) is 69.4 Å². The van der Waals surface area contributed by atoms with Crippen LogP contribution in [0.15, 0.2) is 53.7 Å². The van der Waals surface area contributed by atoms with Gasteiger partial charge >= 0.3 is 12.1 Å². The third kappa shape index (κ3) is 7.44. The smallest absolute Gasteiger partial charge is 0.319 e. The molecule has 1 fully saturated rings. The Balaban J connectivity index is 1.22. The average molecular weight is 581 g/mol. The number of carbonyl (C=O) groups is 2. The number of rotatable bonds is 11. The molecular weight excluding hydrogens is 547 g/mol. The second-order valence-electron chi connectivity index (χ2n) is 9.86. The number of nitrogens with zero attached hydrogens (tertiary/aromatic N) is 3. The van der Waals surface area contributed by atoms with Gasteiger partial charge in [0.2, 0.25) is 0 Å². The summed E-state index contributed by atoms with van der Waals surface area (Å²) in [4.78, 5) is 36.1. The molecule has 1 unspecified atom stereocenters. The number of hydrogen-bond donors (Lipinski definition) is 3. The number of aromatic nitrogens is 2. The predicted molar refractivity (Wildman–Crippen MR) is 154 cm³/mol. The largest absolute Gasteiger partial charge is 0.453 e. The molecule has 3 N–H and O–H groups in total. The predicted octanol–water partition coefficient (Wildman–Crippen LogP) is 5.26. The van der Waals surface area contributed by atoms with Gasteiger partial charge in [-0.2, -0.15) is 0 Å². The van der Waals surface area contributed by atoms with Crippen LogP contribution in [-0.4, -0.2) is 59.8 Å². The molecule has 1 aliphatic heterocycles. The van der Waals surface area contributed by atoms with Crippen LogP contribution in [-0.2, 0) is 17.7 Å². The molecule has 216 valence electrons. The van der Waals surface area contributed by atoms with Gasteiger partial charge in [-0.1, -0.05) is 6.07 Å². The number of ether oxygens (including phenoxy) is 2.